The fourth-order valence-electron chi connectivity index (χ4n) is 4.42. The lowest BCUT2D eigenvalue weighted by atomic mass is 10.0. The van der Waals surface area contributed by atoms with Gasteiger partial charge in [0.2, 0.25) is 5.91 Å². The number of rotatable bonds is 14. The fraction of sp³-hybridized carbons (Fsp3) is 0.370. The van der Waals surface area contributed by atoms with Gasteiger partial charge in [-0.2, -0.15) is 0 Å². The molecule has 0 aliphatic carbocycles. The third-order valence-corrected chi connectivity index (χ3v) is 10.9. The van der Waals surface area contributed by atoms with Crippen molar-refractivity contribution in [2.45, 2.75) is 46.7 Å². The number of benzene rings is 1. The summed E-state index contributed by atoms with van der Waals surface area (Å²) in [5.41, 5.74) is 6.61. The number of aliphatic carboxylic acids is 2. The highest BCUT2D eigenvalue weighted by molar-refractivity contribution is 8.01. The first kappa shape index (κ1) is 33.4. The van der Waals surface area contributed by atoms with E-state index in [0.29, 0.717) is 44.1 Å². The fourth-order valence-corrected chi connectivity index (χ4v) is 8.23. The Hall–Kier alpha value is -2.46. The maximum absolute atomic E-state index is 13.0. The van der Waals surface area contributed by atoms with Gasteiger partial charge in [0.25, 0.3) is 5.91 Å². The van der Waals surface area contributed by atoms with Gasteiger partial charge in [-0.25, -0.2) is 9.36 Å². The van der Waals surface area contributed by atoms with Gasteiger partial charge in [0, 0.05) is 51.4 Å². The molecule has 3 atom stereocenters. The maximum atomic E-state index is 13.0. The Labute approximate surface area is 270 Å². The van der Waals surface area contributed by atoms with Gasteiger partial charge in [0.15, 0.2) is 18.9 Å². The molecule has 11 nitrogen and oxygen atoms in total. The lowest BCUT2D eigenvalue weighted by molar-refractivity contribution is -0.703. The summed E-state index contributed by atoms with van der Waals surface area (Å²) < 4.78 is 1.81. The van der Waals surface area contributed by atoms with Crippen molar-refractivity contribution in [3.05, 3.63) is 63.5 Å². The van der Waals surface area contributed by atoms with Gasteiger partial charge < -0.3 is 26.4 Å². The van der Waals surface area contributed by atoms with E-state index in [1.54, 1.807) is 16.7 Å². The number of fused-ring (bicyclic) bond motifs is 1. The van der Waals surface area contributed by atoms with Crippen molar-refractivity contribution in [3.63, 3.8) is 0 Å². The number of thioether (sulfide) groups is 3. The number of halogens is 2. The summed E-state index contributed by atoms with van der Waals surface area (Å²) in [4.78, 5) is 51.4. The molecule has 0 saturated carbocycles. The van der Waals surface area contributed by atoms with Crippen LogP contribution < -0.4 is 15.6 Å². The minimum absolute atomic E-state index is 0.0531. The summed E-state index contributed by atoms with van der Waals surface area (Å²) in [7, 11) is 0. The van der Waals surface area contributed by atoms with Gasteiger partial charge in [0.1, 0.15) is 23.2 Å². The molecule has 230 valence electrons. The maximum Gasteiger partial charge on any atom is 0.352 e. The molecule has 2 amide bonds. The number of pyridine rings is 1. The summed E-state index contributed by atoms with van der Waals surface area (Å²) in [5.74, 6) is -2.36. The molecular weight excluding hydrogens is 659 g/mol. The molecule has 1 fully saturated rings. The smallest absolute Gasteiger partial charge is 0.352 e. The molecule has 0 spiro atoms. The molecule has 43 heavy (non-hydrogen) atoms. The monoisotopic (exact) mass is 687 g/mol. The lowest BCUT2D eigenvalue weighted by Crippen LogP contribution is -2.70. The van der Waals surface area contributed by atoms with Crippen LogP contribution in [0.2, 0.25) is 10.0 Å². The van der Waals surface area contributed by atoms with Crippen molar-refractivity contribution in [1.82, 2.24) is 10.2 Å². The predicted molar refractivity (Wildman–Crippen MR) is 165 cm³/mol. The molecule has 0 radical (unpaired) electrons. The van der Waals surface area contributed by atoms with Gasteiger partial charge in [-0.15, -0.1) is 35.3 Å². The van der Waals surface area contributed by atoms with Crippen LogP contribution in [0.1, 0.15) is 12.0 Å². The van der Waals surface area contributed by atoms with E-state index in [4.69, 9.17) is 34.0 Å². The normalized spacial score (nSPS) is 18.6. The minimum Gasteiger partial charge on any atom is -0.481 e. The van der Waals surface area contributed by atoms with Crippen LogP contribution in [0.15, 0.2) is 57.7 Å². The van der Waals surface area contributed by atoms with Crippen molar-refractivity contribution >= 4 is 82.2 Å². The number of aliphatic hydroxyl groups excluding tert-OH is 1. The van der Waals surface area contributed by atoms with Gasteiger partial charge in [-0.3, -0.25) is 19.3 Å². The van der Waals surface area contributed by atoms with Crippen molar-refractivity contribution < 1.29 is 39.1 Å². The minimum atomic E-state index is -1.20. The van der Waals surface area contributed by atoms with Crippen molar-refractivity contribution in [2.24, 2.45) is 5.73 Å². The Morgan fingerprint density at radius 1 is 1.16 bits per heavy atom. The second-order valence-electron chi connectivity index (χ2n) is 9.68. The third-order valence-electron chi connectivity index (χ3n) is 6.60. The van der Waals surface area contributed by atoms with Crippen LogP contribution in [0, 0.1) is 0 Å². The highest BCUT2D eigenvalue weighted by Crippen LogP contribution is 2.42. The molecule has 1 aromatic heterocycles. The van der Waals surface area contributed by atoms with Gasteiger partial charge >= 0.3 is 11.9 Å². The molecule has 2 aliphatic rings. The van der Waals surface area contributed by atoms with E-state index in [1.165, 1.54) is 28.4 Å². The topological polar surface area (TPSA) is 174 Å². The SMILES string of the molecule is NCC(O)C[n+]1ccc(SCC2=C(C(=O)O)N3C(=O)C(NC(=O)CSc4cc(Cl)c(CCC(=O)O)cc4Cl)C3SC2)cc1. The van der Waals surface area contributed by atoms with Crippen LogP contribution in [-0.4, -0.2) is 85.3 Å². The molecule has 6 N–H and O–H groups in total. The lowest BCUT2D eigenvalue weighted by Gasteiger charge is -2.49. The number of amides is 2. The van der Waals surface area contributed by atoms with E-state index in [9.17, 15) is 29.4 Å². The molecule has 16 heteroatoms. The standard InChI is InChI=1S/C27H28Cl2N4O7S3/c28-18-8-20(19(29)7-14(18)1-2-22(36)37)42-13-21(35)31-23-25(38)33-24(27(39)40)15(12-43-26(23)33)11-41-17-3-5-32(6-4-17)10-16(34)9-30/h3-8,16,23,26,34H,1-2,9-13,30H2,(H2-,31,35,36,37,39,40)/p+1. The molecule has 1 saturated heterocycles. The Morgan fingerprint density at radius 2 is 1.88 bits per heavy atom. The Balaban J connectivity index is 1.33. The molecule has 1 aromatic carbocycles. The highest BCUT2D eigenvalue weighted by atomic mass is 35.5. The Morgan fingerprint density at radius 3 is 2.53 bits per heavy atom. The van der Waals surface area contributed by atoms with Crippen LogP contribution in [0.25, 0.3) is 0 Å². The first-order valence-electron chi connectivity index (χ1n) is 13.0. The van der Waals surface area contributed by atoms with E-state index in [-0.39, 0.29) is 30.8 Å². The molecule has 3 unspecified atom stereocenters. The molecular formula is C27H29Cl2N4O7S3+. The highest BCUT2D eigenvalue weighted by Gasteiger charge is 2.54. The van der Waals surface area contributed by atoms with E-state index in [1.807, 2.05) is 24.5 Å². The number of carbonyl (C=O) groups excluding carboxylic acids is 2. The number of carboxylic acids is 2. The molecule has 4 rings (SSSR count). The van der Waals surface area contributed by atoms with Crippen molar-refractivity contribution in [3.8, 4) is 0 Å². The largest absolute Gasteiger partial charge is 0.481 e. The Bertz CT molecular complexity index is 1440. The molecule has 2 aliphatic heterocycles. The van der Waals surface area contributed by atoms with Gasteiger partial charge in [-0.1, -0.05) is 23.2 Å². The summed E-state index contributed by atoms with van der Waals surface area (Å²) >= 11 is 16.5. The average molecular weight is 689 g/mol. The van der Waals surface area contributed by atoms with Crippen LogP contribution in [0.5, 0.6) is 0 Å². The number of aliphatic hydroxyl groups is 1. The van der Waals surface area contributed by atoms with E-state index >= 15 is 0 Å². The quantitative estimate of drug-likeness (QED) is 0.112. The molecule has 3 heterocycles. The predicted octanol–water partition coefficient (Wildman–Crippen LogP) is 2.24. The summed E-state index contributed by atoms with van der Waals surface area (Å²) in [6.07, 6.45) is 3.10. The Kier molecular flexibility index (Phi) is 11.7. The first-order chi connectivity index (χ1) is 20.5. The van der Waals surface area contributed by atoms with Gasteiger partial charge in [-0.05, 0) is 29.7 Å². The number of nitrogens with one attached hydrogen (secondary N) is 1. The summed E-state index contributed by atoms with van der Waals surface area (Å²) in [6, 6.07) is 6.03. The van der Waals surface area contributed by atoms with Crippen LogP contribution in [-0.2, 0) is 32.1 Å². The van der Waals surface area contributed by atoms with E-state index in [2.05, 4.69) is 5.32 Å². The van der Waals surface area contributed by atoms with E-state index in [0.717, 1.165) is 16.7 Å². The second-order valence-corrected chi connectivity index (χ2v) is 13.7. The second kappa shape index (κ2) is 15.0. The number of nitrogens with two attached hydrogens (primary N) is 1. The molecule has 2 aromatic rings. The zero-order valence-corrected chi connectivity index (χ0v) is 26.5. The van der Waals surface area contributed by atoms with Crippen LogP contribution in [0.3, 0.4) is 0 Å². The number of β-lactam (4-membered cyclic amide) rings is 1. The average Bonchev–Trinajstić information content (AvgIpc) is 2.98. The summed E-state index contributed by atoms with van der Waals surface area (Å²) in [5, 5.41) is 31.4. The number of hydrogen-bond donors (Lipinski definition) is 5. The van der Waals surface area contributed by atoms with Gasteiger partial charge in [0.05, 0.1) is 10.8 Å². The zero-order chi connectivity index (χ0) is 31.3. The number of carbonyl (C=O) groups is 4. The number of carboxylic acid groups (broad SMARTS) is 2. The zero-order valence-electron chi connectivity index (χ0n) is 22.6. The number of aromatic nitrogens is 1. The van der Waals surface area contributed by atoms with Crippen LogP contribution >= 0.6 is 58.5 Å². The number of hydrogen-bond acceptors (Lipinski definition) is 9. The molecule has 0 bridgehead atoms. The van der Waals surface area contributed by atoms with E-state index < -0.39 is 41.3 Å². The number of nitrogens with zero attached hydrogens (tertiary/aromatic N) is 2. The summed E-state index contributed by atoms with van der Waals surface area (Å²) in [6.45, 7) is 0.525. The van der Waals surface area contributed by atoms with Crippen LogP contribution in [0.4, 0.5) is 0 Å². The first-order valence-corrected chi connectivity index (χ1v) is 16.8. The third kappa shape index (κ3) is 8.38. The van der Waals surface area contributed by atoms with Crippen molar-refractivity contribution in [1.29, 1.82) is 0 Å². The van der Waals surface area contributed by atoms with Crippen molar-refractivity contribution in [2.75, 3.05) is 23.8 Å². The number of aryl methyl sites for hydroxylation is 1.